The van der Waals surface area contributed by atoms with Crippen LogP contribution in [0, 0.1) is 24.2 Å². The van der Waals surface area contributed by atoms with Gasteiger partial charge in [0.05, 0.1) is 12.0 Å². The van der Waals surface area contributed by atoms with E-state index in [1.807, 2.05) is 0 Å². The topological polar surface area (TPSA) is 35.8 Å². The van der Waals surface area contributed by atoms with Crippen LogP contribution in [-0.4, -0.2) is 13.1 Å². The Bertz CT molecular complexity index is 355. The predicted octanol–water partition coefficient (Wildman–Crippen LogP) is 2.21. The third kappa shape index (κ3) is 2.19. The summed E-state index contributed by atoms with van der Waals surface area (Å²) in [6.45, 7) is 4.10. The first kappa shape index (κ1) is 10.2. The van der Waals surface area contributed by atoms with E-state index in [1.165, 1.54) is 5.56 Å². The van der Waals surface area contributed by atoms with Crippen molar-refractivity contribution in [2.75, 3.05) is 13.1 Å². The van der Waals surface area contributed by atoms with E-state index >= 15 is 0 Å². The first-order valence-electron chi connectivity index (χ1n) is 5.48. The Morgan fingerprint density at radius 2 is 2.13 bits per heavy atom. The Hall–Kier alpha value is -1.33. The zero-order chi connectivity index (χ0) is 10.7. The number of aryl methyl sites for hydroxylation is 1. The average molecular weight is 200 g/mol. The van der Waals surface area contributed by atoms with Crippen molar-refractivity contribution in [2.45, 2.75) is 19.3 Å². The summed E-state index contributed by atoms with van der Waals surface area (Å²) in [4.78, 5) is 0. The van der Waals surface area contributed by atoms with Crippen LogP contribution in [-0.2, 0) is 0 Å². The Labute approximate surface area is 90.9 Å². The van der Waals surface area contributed by atoms with Crippen LogP contribution in [0.15, 0.2) is 24.3 Å². The second-order valence-electron chi connectivity index (χ2n) is 4.27. The van der Waals surface area contributed by atoms with Crippen LogP contribution < -0.4 is 5.32 Å². The van der Waals surface area contributed by atoms with Gasteiger partial charge in [0.15, 0.2) is 0 Å². The largest absolute Gasteiger partial charge is 0.316 e. The lowest BCUT2D eigenvalue weighted by atomic mass is 9.86. The van der Waals surface area contributed by atoms with Gasteiger partial charge < -0.3 is 5.32 Å². The molecule has 1 aromatic carbocycles. The van der Waals surface area contributed by atoms with Crippen molar-refractivity contribution in [2.24, 2.45) is 5.92 Å². The fraction of sp³-hybridized carbons (Fsp3) is 0.462. The van der Waals surface area contributed by atoms with Gasteiger partial charge in [-0.15, -0.1) is 0 Å². The molecule has 2 nitrogen and oxygen atoms in total. The second-order valence-corrected chi connectivity index (χ2v) is 4.27. The number of nitrogens with zero attached hydrogens (tertiary/aromatic N) is 1. The molecular weight excluding hydrogens is 184 g/mol. The fourth-order valence-electron chi connectivity index (χ4n) is 2.19. The summed E-state index contributed by atoms with van der Waals surface area (Å²) in [5, 5.41) is 12.5. The lowest BCUT2D eigenvalue weighted by Crippen LogP contribution is -2.15. The van der Waals surface area contributed by atoms with Gasteiger partial charge in [-0.25, -0.2) is 0 Å². The highest BCUT2D eigenvalue weighted by atomic mass is 14.9. The van der Waals surface area contributed by atoms with E-state index in [0.717, 1.165) is 25.1 Å². The first-order valence-corrected chi connectivity index (χ1v) is 5.48. The SMILES string of the molecule is Cc1ccc(C(C#N)C2CCNC2)cc1. The molecule has 1 aliphatic heterocycles. The van der Waals surface area contributed by atoms with E-state index in [4.69, 9.17) is 0 Å². The number of benzene rings is 1. The molecule has 1 fully saturated rings. The fourth-order valence-corrected chi connectivity index (χ4v) is 2.19. The number of hydrogen-bond donors (Lipinski definition) is 1. The van der Waals surface area contributed by atoms with E-state index < -0.39 is 0 Å². The van der Waals surface area contributed by atoms with E-state index in [2.05, 4.69) is 42.6 Å². The van der Waals surface area contributed by atoms with Gasteiger partial charge in [-0.3, -0.25) is 0 Å². The number of hydrogen-bond acceptors (Lipinski definition) is 2. The lowest BCUT2D eigenvalue weighted by Gasteiger charge is -2.15. The minimum Gasteiger partial charge on any atom is -0.316 e. The molecule has 2 heteroatoms. The van der Waals surface area contributed by atoms with E-state index in [-0.39, 0.29) is 5.92 Å². The zero-order valence-electron chi connectivity index (χ0n) is 9.03. The summed E-state index contributed by atoms with van der Waals surface area (Å²) in [5.74, 6) is 0.540. The van der Waals surface area contributed by atoms with Crippen LogP contribution in [0.25, 0.3) is 0 Å². The van der Waals surface area contributed by atoms with Crippen molar-refractivity contribution in [3.05, 3.63) is 35.4 Å². The highest BCUT2D eigenvalue weighted by molar-refractivity contribution is 5.29. The van der Waals surface area contributed by atoms with Crippen LogP contribution in [0.3, 0.4) is 0 Å². The minimum atomic E-state index is 0.0561. The molecule has 2 unspecified atom stereocenters. The third-order valence-corrected chi connectivity index (χ3v) is 3.15. The van der Waals surface area contributed by atoms with Crippen molar-refractivity contribution in [1.29, 1.82) is 5.26 Å². The van der Waals surface area contributed by atoms with Gasteiger partial charge in [-0.1, -0.05) is 29.8 Å². The number of rotatable bonds is 2. The first-order chi connectivity index (χ1) is 7.31. The van der Waals surface area contributed by atoms with Gasteiger partial charge in [-0.2, -0.15) is 5.26 Å². The van der Waals surface area contributed by atoms with Crippen molar-refractivity contribution >= 4 is 0 Å². The van der Waals surface area contributed by atoms with Gasteiger partial charge in [-0.05, 0) is 37.9 Å². The van der Waals surface area contributed by atoms with Crippen LogP contribution in [0.1, 0.15) is 23.5 Å². The highest BCUT2D eigenvalue weighted by Crippen LogP contribution is 2.28. The summed E-state index contributed by atoms with van der Waals surface area (Å²) < 4.78 is 0. The highest BCUT2D eigenvalue weighted by Gasteiger charge is 2.25. The normalized spacial score (nSPS) is 22.3. The van der Waals surface area contributed by atoms with E-state index in [1.54, 1.807) is 0 Å². The average Bonchev–Trinajstić information content (AvgIpc) is 2.75. The zero-order valence-corrected chi connectivity index (χ0v) is 9.03. The van der Waals surface area contributed by atoms with E-state index in [0.29, 0.717) is 5.92 Å². The van der Waals surface area contributed by atoms with Gasteiger partial charge in [0.2, 0.25) is 0 Å². The molecule has 0 aliphatic carbocycles. The molecule has 0 spiro atoms. The molecule has 1 heterocycles. The molecule has 2 atom stereocenters. The standard InChI is InChI=1S/C13H16N2/c1-10-2-4-11(5-3-10)13(8-14)12-6-7-15-9-12/h2-5,12-13,15H,6-7,9H2,1H3. The Morgan fingerprint density at radius 1 is 1.40 bits per heavy atom. The molecule has 0 aromatic heterocycles. The van der Waals surface area contributed by atoms with Crippen molar-refractivity contribution < 1.29 is 0 Å². The molecule has 1 aliphatic rings. The van der Waals surface area contributed by atoms with Gasteiger partial charge in [0, 0.05) is 0 Å². The van der Waals surface area contributed by atoms with Crippen LogP contribution >= 0.6 is 0 Å². The molecule has 15 heavy (non-hydrogen) atoms. The number of nitriles is 1. The van der Waals surface area contributed by atoms with Gasteiger partial charge in [0.25, 0.3) is 0 Å². The summed E-state index contributed by atoms with van der Waals surface area (Å²) in [6.07, 6.45) is 1.12. The maximum absolute atomic E-state index is 9.23. The van der Waals surface area contributed by atoms with E-state index in [9.17, 15) is 5.26 Å². The Kier molecular flexibility index (Phi) is 3.03. The van der Waals surface area contributed by atoms with Gasteiger partial charge >= 0.3 is 0 Å². The molecule has 2 rings (SSSR count). The van der Waals surface area contributed by atoms with Crippen LogP contribution in [0.5, 0.6) is 0 Å². The molecule has 78 valence electrons. The van der Waals surface area contributed by atoms with Crippen molar-refractivity contribution in [1.82, 2.24) is 5.32 Å². The van der Waals surface area contributed by atoms with Crippen LogP contribution in [0.2, 0.25) is 0 Å². The third-order valence-electron chi connectivity index (χ3n) is 3.15. The molecule has 1 N–H and O–H groups in total. The smallest absolute Gasteiger partial charge is 0.0753 e. The summed E-state index contributed by atoms with van der Waals surface area (Å²) >= 11 is 0. The molecule has 0 radical (unpaired) electrons. The minimum absolute atomic E-state index is 0.0561. The predicted molar refractivity (Wildman–Crippen MR) is 60.5 cm³/mol. The summed E-state index contributed by atoms with van der Waals surface area (Å²) in [5.41, 5.74) is 2.41. The molecule has 1 saturated heterocycles. The summed E-state index contributed by atoms with van der Waals surface area (Å²) in [6, 6.07) is 10.8. The Balaban J connectivity index is 2.19. The monoisotopic (exact) mass is 200 g/mol. The lowest BCUT2D eigenvalue weighted by molar-refractivity contribution is 0.531. The quantitative estimate of drug-likeness (QED) is 0.794. The second kappa shape index (κ2) is 4.46. The molecule has 0 bridgehead atoms. The molecule has 0 saturated carbocycles. The summed E-state index contributed by atoms with van der Waals surface area (Å²) in [7, 11) is 0. The van der Waals surface area contributed by atoms with Crippen molar-refractivity contribution in [3.63, 3.8) is 0 Å². The molecular formula is C13H16N2. The maximum atomic E-state index is 9.23. The maximum Gasteiger partial charge on any atom is 0.0753 e. The number of nitrogens with one attached hydrogen (secondary N) is 1. The molecule has 1 aromatic rings. The van der Waals surface area contributed by atoms with Gasteiger partial charge in [0.1, 0.15) is 0 Å². The molecule has 0 amide bonds. The van der Waals surface area contributed by atoms with Crippen LogP contribution in [0.4, 0.5) is 0 Å². The van der Waals surface area contributed by atoms with Crippen molar-refractivity contribution in [3.8, 4) is 6.07 Å². The Morgan fingerprint density at radius 3 is 2.67 bits per heavy atom.